The van der Waals surface area contributed by atoms with Crippen LogP contribution >= 0.6 is 0 Å². The van der Waals surface area contributed by atoms with Crippen molar-refractivity contribution < 1.29 is 0 Å². The first-order valence-corrected chi connectivity index (χ1v) is 20.7. The summed E-state index contributed by atoms with van der Waals surface area (Å²) in [4.78, 5) is 4.78. The molecule has 0 bridgehead atoms. The van der Waals surface area contributed by atoms with Crippen molar-refractivity contribution in [3.63, 3.8) is 0 Å². The summed E-state index contributed by atoms with van der Waals surface area (Å²) in [7, 11) is 0. The van der Waals surface area contributed by atoms with Gasteiger partial charge < -0.3 is 4.57 Å². The second kappa shape index (κ2) is 13.5. The Balaban J connectivity index is 1.09. The van der Waals surface area contributed by atoms with E-state index in [4.69, 9.17) is 0 Å². The Morgan fingerprint density at radius 1 is 0.321 bits per heavy atom. The summed E-state index contributed by atoms with van der Waals surface area (Å²) in [6.45, 7) is 0. The summed E-state index contributed by atoms with van der Waals surface area (Å²) in [5.74, 6) is 0. The van der Waals surface area contributed by atoms with Gasteiger partial charge in [0.1, 0.15) is 0 Å². The predicted molar refractivity (Wildman–Crippen MR) is 240 cm³/mol. The van der Waals surface area contributed by atoms with Gasteiger partial charge in [-0.1, -0.05) is 42.5 Å². The number of nitrogens with zero attached hydrogens (tertiary/aromatic N) is 3. The molecule has 0 amide bonds. The molecule has 0 saturated heterocycles. The molecule has 0 unspecified atom stereocenters. The van der Waals surface area contributed by atoms with Crippen LogP contribution in [0.25, 0.3) is 57.6 Å². The zero-order valence-corrected chi connectivity index (χ0v) is 32.2. The Kier molecular flexibility index (Phi) is 7.84. The van der Waals surface area contributed by atoms with Gasteiger partial charge in [0.25, 0.3) is 0 Å². The van der Waals surface area contributed by atoms with E-state index in [1.165, 1.54) is 51.9 Å². The van der Waals surface area contributed by atoms with Crippen molar-refractivity contribution in [3.8, 4) is 5.69 Å². The Hall–Kier alpha value is -6.84. The standard InChI is InChI=1S/C52H35N3Se/c1-4-16-37(17-5-1)53(42-29-32-51-48(34-42)47-30-27-36-15-10-11-24-44(36)52(47)56-51)40-22-14-23-41(33-40)54(38-18-6-2-7-19-38)43-28-31-46-45-25-12-13-26-49(45)55(50(46)35-43)39-20-8-3-9-21-39/h1-35H. The molecular weight excluding hydrogens is 746 g/mol. The third-order valence-corrected chi connectivity index (χ3v) is 13.5. The summed E-state index contributed by atoms with van der Waals surface area (Å²) in [6.07, 6.45) is 0. The fourth-order valence-electron chi connectivity index (χ4n) is 8.40. The molecule has 3 nitrogen and oxygen atoms in total. The van der Waals surface area contributed by atoms with Crippen LogP contribution in [0.1, 0.15) is 0 Å². The number of aromatic nitrogens is 1. The van der Waals surface area contributed by atoms with Crippen molar-refractivity contribution in [2.45, 2.75) is 0 Å². The number of anilines is 6. The molecular formula is C52H35N3Se. The maximum atomic E-state index is 2.41. The second-order valence-corrected chi connectivity index (χ2v) is 16.4. The molecule has 11 rings (SSSR count). The van der Waals surface area contributed by atoms with Gasteiger partial charge in [-0.05, 0) is 18.2 Å². The summed E-state index contributed by atoms with van der Waals surface area (Å²) in [5, 5.41) is 7.87. The Morgan fingerprint density at radius 3 is 1.59 bits per heavy atom. The second-order valence-electron chi connectivity index (χ2n) is 14.2. The van der Waals surface area contributed by atoms with Gasteiger partial charge in [-0.25, -0.2) is 0 Å². The first kappa shape index (κ1) is 32.6. The molecule has 4 heteroatoms. The quantitative estimate of drug-likeness (QED) is 0.149. The van der Waals surface area contributed by atoms with Crippen LogP contribution in [0, 0.1) is 0 Å². The molecule has 9 aromatic carbocycles. The average molecular weight is 781 g/mol. The predicted octanol–water partition coefficient (Wildman–Crippen LogP) is 14.2. The van der Waals surface area contributed by atoms with Gasteiger partial charge >= 0.3 is 246 Å². The van der Waals surface area contributed by atoms with Gasteiger partial charge in [0.2, 0.25) is 0 Å². The van der Waals surface area contributed by atoms with E-state index in [2.05, 4.69) is 227 Å². The van der Waals surface area contributed by atoms with Crippen LogP contribution in [-0.4, -0.2) is 19.1 Å². The van der Waals surface area contributed by atoms with E-state index in [0.29, 0.717) is 0 Å². The van der Waals surface area contributed by atoms with Gasteiger partial charge in [0.15, 0.2) is 0 Å². The van der Waals surface area contributed by atoms with E-state index in [9.17, 15) is 0 Å². The molecule has 0 radical (unpaired) electrons. The van der Waals surface area contributed by atoms with E-state index in [0.717, 1.165) is 39.8 Å². The van der Waals surface area contributed by atoms with Crippen LogP contribution in [-0.2, 0) is 0 Å². The van der Waals surface area contributed by atoms with E-state index in [-0.39, 0.29) is 14.5 Å². The fourth-order valence-corrected chi connectivity index (χ4v) is 11.0. The van der Waals surface area contributed by atoms with E-state index in [1.54, 1.807) is 0 Å². The molecule has 11 aromatic rings. The Labute approximate surface area is 331 Å². The number of benzene rings is 9. The molecule has 0 spiro atoms. The molecule has 0 fully saturated rings. The van der Waals surface area contributed by atoms with Gasteiger partial charge in [0, 0.05) is 16.5 Å². The first-order chi connectivity index (χ1) is 27.8. The third-order valence-electron chi connectivity index (χ3n) is 10.9. The van der Waals surface area contributed by atoms with Gasteiger partial charge in [-0.15, -0.1) is 0 Å². The number of hydrogen-bond donors (Lipinski definition) is 0. The first-order valence-electron chi connectivity index (χ1n) is 19.0. The molecule has 2 aromatic heterocycles. The minimum absolute atomic E-state index is 0.255. The topological polar surface area (TPSA) is 11.4 Å². The minimum atomic E-state index is 0.255. The van der Waals surface area contributed by atoms with E-state index in [1.807, 2.05) is 0 Å². The summed E-state index contributed by atoms with van der Waals surface area (Å²) < 4.78 is 5.31. The fraction of sp³-hybridized carbons (Fsp3) is 0. The van der Waals surface area contributed by atoms with Crippen LogP contribution < -0.4 is 9.80 Å². The molecule has 0 aliphatic carbocycles. The van der Waals surface area contributed by atoms with Gasteiger partial charge in [0.05, 0.1) is 5.52 Å². The Morgan fingerprint density at radius 2 is 0.857 bits per heavy atom. The van der Waals surface area contributed by atoms with Crippen molar-refractivity contribution in [1.29, 1.82) is 0 Å². The molecule has 0 saturated carbocycles. The zero-order chi connectivity index (χ0) is 37.0. The summed E-state index contributed by atoms with van der Waals surface area (Å²) in [5.41, 5.74) is 10.1. The summed E-state index contributed by atoms with van der Waals surface area (Å²) >= 11 is 0.255. The third kappa shape index (κ3) is 5.42. The number of para-hydroxylation sites is 4. The normalized spacial score (nSPS) is 11.6. The van der Waals surface area contributed by atoms with Crippen molar-refractivity contribution >= 4 is 100 Å². The van der Waals surface area contributed by atoms with Gasteiger partial charge in [-0.3, -0.25) is 0 Å². The molecule has 0 atom stereocenters. The molecule has 0 N–H and O–H groups in total. The van der Waals surface area contributed by atoms with Crippen LogP contribution in [0.5, 0.6) is 0 Å². The molecule has 264 valence electrons. The van der Waals surface area contributed by atoms with Crippen LogP contribution in [0.4, 0.5) is 34.1 Å². The molecule has 0 aliphatic heterocycles. The number of rotatable bonds is 7. The van der Waals surface area contributed by atoms with Crippen molar-refractivity contribution in [2.75, 3.05) is 9.80 Å². The average Bonchev–Trinajstić information content (AvgIpc) is 3.81. The van der Waals surface area contributed by atoms with Crippen molar-refractivity contribution in [2.24, 2.45) is 0 Å². The van der Waals surface area contributed by atoms with Crippen LogP contribution in [0.2, 0.25) is 0 Å². The van der Waals surface area contributed by atoms with Crippen molar-refractivity contribution in [1.82, 2.24) is 4.57 Å². The van der Waals surface area contributed by atoms with Gasteiger partial charge in [-0.2, -0.15) is 0 Å². The molecule has 56 heavy (non-hydrogen) atoms. The van der Waals surface area contributed by atoms with Crippen LogP contribution in [0.3, 0.4) is 0 Å². The van der Waals surface area contributed by atoms with Crippen LogP contribution in [0.15, 0.2) is 212 Å². The van der Waals surface area contributed by atoms with Crippen molar-refractivity contribution in [3.05, 3.63) is 212 Å². The maximum absolute atomic E-state index is 2.41. The number of hydrogen-bond acceptors (Lipinski definition) is 2. The monoisotopic (exact) mass is 781 g/mol. The van der Waals surface area contributed by atoms with E-state index >= 15 is 0 Å². The Bertz CT molecular complexity index is 3200. The van der Waals surface area contributed by atoms with E-state index < -0.39 is 0 Å². The number of fused-ring (bicyclic) bond motifs is 8. The summed E-state index contributed by atoms with van der Waals surface area (Å²) in [6, 6.07) is 77.2. The SMILES string of the molecule is c1ccc(N(c2cccc(N(c3ccccc3)c3ccc4c5ccccc5n(-c5ccccc5)c4c3)c2)c2ccc3[se]c4c5ccccc5ccc4c3c2)cc1. The zero-order valence-electron chi connectivity index (χ0n) is 30.5. The molecule has 2 heterocycles. The molecule has 0 aliphatic rings.